The molecule has 3 N–H and O–H groups in total. The second kappa shape index (κ2) is 8.43. The van der Waals surface area contributed by atoms with Crippen LogP contribution in [-0.2, 0) is 22.6 Å². The standard InChI is InChI=1S/C22H24ClN3O3/c23-17-4-5-19-16(11-17)12-20(29-19)22(28)25-18-3-1-2-14(10-18)13-26-8-6-15(7-9-26)21(24)27/h1-5,10-11,15,20H,6-9,12-13H2,(H2,24,27)(H,25,28). The number of rotatable bonds is 5. The van der Waals surface area contributed by atoms with Crippen LogP contribution in [0.1, 0.15) is 24.0 Å². The number of amides is 2. The van der Waals surface area contributed by atoms with Crippen LogP contribution in [0.5, 0.6) is 5.75 Å². The molecule has 7 heteroatoms. The number of carbonyl (C=O) groups is 2. The molecule has 1 saturated heterocycles. The van der Waals surface area contributed by atoms with Gasteiger partial charge in [-0.2, -0.15) is 0 Å². The van der Waals surface area contributed by atoms with Crippen LogP contribution in [0.3, 0.4) is 0 Å². The van der Waals surface area contributed by atoms with Crippen molar-refractivity contribution in [2.24, 2.45) is 11.7 Å². The van der Waals surface area contributed by atoms with E-state index >= 15 is 0 Å². The van der Waals surface area contributed by atoms with Crippen molar-refractivity contribution in [2.75, 3.05) is 18.4 Å². The molecule has 0 spiro atoms. The number of nitrogens with two attached hydrogens (primary N) is 1. The lowest BCUT2D eigenvalue weighted by atomic mass is 9.96. The molecule has 2 aliphatic heterocycles. The Balaban J connectivity index is 1.33. The van der Waals surface area contributed by atoms with Gasteiger partial charge < -0.3 is 15.8 Å². The predicted molar refractivity (Wildman–Crippen MR) is 112 cm³/mol. The Morgan fingerprint density at radius 1 is 1.17 bits per heavy atom. The van der Waals surface area contributed by atoms with Crippen molar-refractivity contribution in [1.82, 2.24) is 4.90 Å². The summed E-state index contributed by atoms with van der Waals surface area (Å²) in [6.07, 6.45) is 1.56. The van der Waals surface area contributed by atoms with Crippen LogP contribution in [0.25, 0.3) is 0 Å². The van der Waals surface area contributed by atoms with Gasteiger partial charge in [0.1, 0.15) is 5.75 Å². The van der Waals surface area contributed by atoms with Gasteiger partial charge in [0.25, 0.3) is 5.91 Å². The second-order valence-corrected chi connectivity index (χ2v) is 8.14. The number of anilines is 1. The lowest BCUT2D eigenvalue weighted by Gasteiger charge is -2.30. The highest BCUT2D eigenvalue weighted by Gasteiger charge is 2.29. The van der Waals surface area contributed by atoms with E-state index < -0.39 is 6.10 Å². The summed E-state index contributed by atoms with van der Waals surface area (Å²) < 4.78 is 5.76. The van der Waals surface area contributed by atoms with Crippen molar-refractivity contribution in [3.63, 3.8) is 0 Å². The number of hydrogen-bond donors (Lipinski definition) is 2. The van der Waals surface area contributed by atoms with Crippen molar-refractivity contribution < 1.29 is 14.3 Å². The van der Waals surface area contributed by atoms with E-state index in [9.17, 15) is 9.59 Å². The smallest absolute Gasteiger partial charge is 0.265 e. The number of ether oxygens (including phenoxy) is 1. The van der Waals surface area contributed by atoms with Gasteiger partial charge in [-0.15, -0.1) is 0 Å². The van der Waals surface area contributed by atoms with E-state index in [1.54, 1.807) is 12.1 Å². The van der Waals surface area contributed by atoms with Crippen LogP contribution < -0.4 is 15.8 Å². The minimum absolute atomic E-state index is 0.0118. The topological polar surface area (TPSA) is 84.7 Å². The maximum atomic E-state index is 12.6. The summed E-state index contributed by atoms with van der Waals surface area (Å²) in [7, 11) is 0. The summed E-state index contributed by atoms with van der Waals surface area (Å²) in [5, 5.41) is 3.60. The van der Waals surface area contributed by atoms with Gasteiger partial charge in [0.05, 0.1) is 0 Å². The van der Waals surface area contributed by atoms with Gasteiger partial charge in [0, 0.05) is 29.6 Å². The maximum Gasteiger partial charge on any atom is 0.265 e. The molecule has 152 valence electrons. The zero-order valence-corrected chi connectivity index (χ0v) is 16.8. The van der Waals surface area contributed by atoms with Gasteiger partial charge in [-0.3, -0.25) is 14.5 Å². The normalized spacial score (nSPS) is 19.4. The quantitative estimate of drug-likeness (QED) is 0.789. The first-order valence-electron chi connectivity index (χ1n) is 9.84. The minimum atomic E-state index is -0.556. The molecule has 0 aromatic heterocycles. The molecule has 0 radical (unpaired) electrons. The van der Waals surface area contributed by atoms with Gasteiger partial charge in [0.2, 0.25) is 5.91 Å². The summed E-state index contributed by atoms with van der Waals surface area (Å²) in [6.45, 7) is 2.47. The van der Waals surface area contributed by atoms with E-state index in [4.69, 9.17) is 22.1 Å². The summed E-state index contributed by atoms with van der Waals surface area (Å²) in [4.78, 5) is 26.3. The lowest BCUT2D eigenvalue weighted by molar-refractivity contribution is -0.123. The third kappa shape index (κ3) is 4.71. The number of likely N-dealkylation sites (tertiary alicyclic amines) is 1. The molecule has 2 aromatic rings. The minimum Gasteiger partial charge on any atom is -0.480 e. The van der Waals surface area contributed by atoms with Crippen LogP contribution in [-0.4, -0.2) is 35.9 Å². The van der Waals surface area contributed by atoms with Gasteiger partial charge in [0.15, 0.2) is 6.10 Å². The maximum absolute atomic E-state index is 12.6. The molecule has 1 fully saturated rings. The SMILES string of the molecule is NC(=O)C1CCN(Cc2cccc(NC(=O)C3Cc4cc(Cl)ccc4O3)c2)CC1. The van der Waals surface area contributed by atoms with Crippen LogP contribution in [0.15, 0.2) is 42.5 Å². The summed E-state index contributed by atoms with van der Waals surface area (Å²) in [5.41, 5.74) is 8.21. The van der Waals surface area contributed by atoms with E-state index in [-0.39, 0.29) is 17.7 Å². The first-order chi connectivity index (χ1) is 14.0. The highest BCUT2D eigenvalue weighted by molar-refractivity contribution is 6.30. The number of benzene rings is 2. The molecule has 0 bridgehead atoms. The second-order valence-electron chi connectivity index (χ2n) is 7.71. The highest BCUT2D eigenvalue weighted by atomic mass is 35.5. The summed E-state index contributed by atoms with van der Waals surface area (Å²) >= 11 is 6.02. The largest absolute Gasteiger partial charge is 0.480 e. The Labute approximate surface area is 175 Å². The van der Waals surface area contributed by atoms with E-state index in [0.717, 1.165) is 49.3 Å². The third-order valence-corrected chi connectivity index (χ3v) is 5.82. The molecule has 6 nitrogen and oxygen atoms in total. The number of nitrogens with one attached hydrogen (secondary N) is 1. The average Bonchev–Trinajstić information content (AvgIpc) is 3.12. The molecule has 1 atom stereocenters. The highest BCUT2D eigenvalue weighted by Crippen LogP contribution is 2.31. The number of halogens is 1. The lowest BCUT2D eigenvalue weighted by Crippen LogP contribution is -2.38. The zero-order valence-electron chi connectivity index (χ0n) is 16.1. The zero-order chi connectivity index (χ0) is 20.4. The van der Waals surface area contributed by atoms with E-state index in [1.807, 2.05) is 30.3 Å². The number of primary amides is 1. The Bertz CT molecular complexity index is 925. The molecule has 2 amide bonds. The molecule has 0 saturated carbocycles. The van der Waals surface area contributed by atoms with Crippen molar-refractivity contribution in [3.8, 4) is 5.75 Å². The first-order valence-corrected chi connectivity index (χ1v) is 10.2. The fourth-order valence-corrected chi connectivity index (χ4v) is 4.16. The monoisotopic (exact) mass is 413 g/mol. The van der Waals surface area contributed by atoms with Crippen LogP contribution >= 0.6 is 11.6 Å². The van der Waals surface area contributed by atoms with Crippen molar-refractivity contribution >= 4 is 29.1 Å². The number of fused-ring (bicyclic) bond motifs is 1. The Kier molecular flexibility index (Phi) is 5.74. The molecule has 0 aliphatic carbocycles. The Morgan fingerprint density at radius 2 is 1.97 bits per heavy atom. The number of piperidine rings is 1. The fourth-order valence-electron chi connectivity index (χ4n) is 3.97. The van der Waals surface area contributed by atoms with Gasteiger partial charge in [-0.25, -0.2) is 0 Å². The van der Waals surface area contributed by atoms with Crippen LogP contribution in [0, 0.1) is 5.92 Å². The van der Waals surface area contributed by atoms with E-state index in [0.29, 0.717) is 17.2 Å². The number of nitrogens with zero attached hydrogens (tertiary/aromatic N) is 1. The molecule has 4 rings (SSSR count). The number of carbonyl (C=O) groups excluding carboxylic acids is 2. The van der Waals surface area contributed by atoms with Gasteiger partial charge >= 0.3 is 0 Å². The molecular weight excluding hydrogens is 390 g/mol. The summed E-state index contributed by atoms with van der Waals surface area (Å²) in [6, 6.07) is 13.2. The first kappa shape index (κ1) is 19.7. The Morgan fingerprint density at radius 3 is 2.72 bits per heavy atom. The third-order valence-electron chi connectivity index (χ3n) is 5.58. The Hall–Kier alpha value is -2.57. The van der Waals surface area contributed by atoms with Crippen molar-refractivity contribution in [3.05, 3.63) is 58.6 Å². The molecular formula is C22H24ClN3O3. The summed E-state index contributed by atoms with van der Waals surface area (Å²) in [5.74, 6) is 0.328. The molecule has 2 aromatic carbocycles. The molecule has 2 heterocycles. The van der Waals surface area contributed by atoms with Crippen molar-refractivity contribution in [2.45, 2.75) is 31.9 Å². The average molecular weight is 414 g/mol. The molecule has 1 unspecified atom stereocenters. The van der Waals surface area contributed by atoms with Crippen LogP contribution in [0.2, 0.25) is 5.02 Å². The van der Waals surface area contributed by atoms with E-state index in [1.165, 1.54) is 0 Å². The number of hydrogen-bond acceptors (Lipinski definition) is 4. The fraction of sp³-hybridized carbons (Fsp3) is 0.364. The van der Waals surface area contributed by atoms with Gasteiger partial charge in [-0.1, -0.05) is 23.7 Å². The van der Waals surface area contributed by atoms with Crippen LogP contribution in [0.4, 0.5) is 5.69 Å². The van der Waals surface area contributed by atoms with Crippen molar-refractivity contribution in [1.29, 1.82) is 0 Å². The molecule has 2 aliphatic rings. The van der Waals surface area contributed by atoms with E-state index in [2.05, 4.69) is 10.2 Å². The van der Waals surface area contributed by atoms with Gasteiger partial charge in [-0.05, 0) is 67.4 Å². The predicted octanol–water partition coefficient (Wildman–Crippen LogP) is 2.98. The molecule has 29 heavy (non-hydrogen) atoms.